The number of ether oxygens (including phenoxy) is 2. The van der Waals surface area contributed by atoms with Gasteiger partial charge in [-0.05, 0) is 38.5 Å². The van der Waals surface area contributed by atoms with Crippen molar-refractivity contribution in [1.82, 2.24) is 4.90 Å². The lowest BCUT2D eigenvalue weighted by Gasteiger charge is -2.27. The number of hydrogen-bond donors (Lipinski definition) is 0. The summed E-state index contributed by atoms with van der Waals surface area (Å²) in [5.74, 6) is 1.90. The molecule has 20 heavy (non-hydrogen) atoms. The molecule has 2 rings (SSSR count). The Morgan fingerprint density at radius 3 is 2.65 bits per heavy atom. The Kier molecular flexibility index (Phi) is 5.12. The average molecular weight is 298 g/mol. The second kappa shape index (κ2) is 6.84. The van der Waals surface area contributed by atoms with E-state index in [0.717, 1.165) is 6.42 Å². The number of amides is 1. The van der Waals surface area contributed by atoms with E-state index in [0.29, 0.717) is 42.7 Å². The standard InChI is InChI=1S/C15H20ClNO3/c1-11(2)17(7-3-6-16)15(18)12-4-5-13-14(10-12)20-9-8-19-13/h4-5,10-11H,3,6-9H2,1-2H3. The average Bonchev–Trinajstić information content (AvgIpc) is 2.46. The fourth-order valence-corrected chi connectivity index (χ4v) is 2.29. The molecular weight excluding hydrogens is 278 g/mol. The third kappa shape index (κ3) is 3.37. The lowest BCUT2D eigenvalue weighted by Crippen LogP contribution is -2.38. The molecular formula is C15H20ClNO3. The highest BCUT2D eigenvalue weighted by atomic mass is 35.5. The van der Waals surface area contributed by atoms with Crippen LogP contribution < -0.4 is 9.47 Å². The molecule has 0 fully saturated rings. The molecule has 1 aliphatic heterocycles. The normalized spacial score (nSPS) is 13.4. The largest absolute Gasteiger partial charge is 0.486 e. The summed E-state index contributed by atoms with van der Waals surface area (Å²) in [7, 11) is 0. The van der Waals surface area contributed by atoms with Gasteiger partial charge in [0.05, 0.1) is 0 Å². The number of carbonyl (C=O) groups excluding carboxylic acids is 1. The highest BCUT2D eigenvalue weighted by molar-refractivity contribution is 6.17. The summed E-state index contributed by atoms with van der Waals surface area (Å²) in [5, 5.41) is 0. The van der Waals surface area contributed by atoms with Crippen molar-refractivity contribution >= 4 is 17.5 Å². The Balaban J connectivity index is 2.18. The van der Waals surface area contributed by atoms with Crippen molar-refractivity contribution in [3.63, 3.8) is 0 Å². The SMILES string of the molecule is CC(C)N(CCCCl)C(=O)c1ccc2c(c1)OCCO2. The van der Waals surface area contributed by atoms with Crippen molar-refractivity contribution in [1.29, 1.82) is 0 Å². The van der Waals surface area contributed by atoms with Gasteiger partial charge in [-0.15, -0.1) is 11.6 Å². The summed E-state index contributed by atoms with van der Waals surface area (Å²) in [6, 6.07) is 5.47. The number of halogens is 1. The van der Waals surface area contributed by atoms with Crippen LogP contribution in [0.1, 0.15) is 30.6 Å². The Morgan fingerprint density at radius 2 is 2.00 bits per heavy atom. The first-order valence-electron chi connectivity index (χ1n) is 6.90. The van der Waals surface area contributed by atoms with E-state index in [1.807, 2.05) is 18.7 Å². The number of carbonyl (C=O) groups is 1. The van der Waals surface area contributed by atoms with Crippen LogP contribution in [0.25, 0.3) is 0 Å². The van der Waals surface area contributed by atoms with E-state index in [9.17, 15) is 4.79 Å². The molecule has 1 aromatic rings. The van der Waals surface area contributed by atoms with E-state index in [1.165, 1.54) is 0 Å². The van der Waals surface area contributed by atoms with Gasteiger partial charge in [0.2, 0.25) is 0 Å². The lowest BCUT2D eigenvalue weighted by atomic mass is 10.1. The first kappa shape index (κ1) is 15.0. The van der Waals surface area contributed by atoms with Gasteiger partial charge >= 0.3 is 0 Å². The molecule has 0 N–H and O–H groups in total. The Labute approximate surface area is 124 Å². The highest BCUT2D eigenvalue weighted by Gasteiger charge is 2.21. The molecule has 0 aromatic heterocycles. The number of alkyl halides is 1. The van der Waals surface area contributed by atoms with E-state index in [4.69, 9.17) is 21.1 Å². The molecule has 0 unspecified atom stereocenters. The molecule has 0 saturated carbocycles. The van der Waals surface area contributed by atoms with Crippen molar-refractivity contribution in [3.8, 4) is 11.5 Å². The molecule has 5 heteroatoms. The smallest absolute Gasteiger partial charge is 0.254 e. The molecule has 0 bridgehead atoms. The summed E-state index contributed by atoms with van der Waals surface area (Å²) >= 11 is 5.72. The first-order valence-corrected chi connectivity index (χ1v) is 7.43. The van der Waals surface area contributed by atoms with Gasteiger partial charge in [-0.1, -0.05) is 0 Å². The number of rotatable bonds is 5. The van der Waals surface area contributed by atoms with Gasteiger partial charge < -0.3 is 14.4 Å². The Bertz CT molecular complexity index is 476. The molecule has 0 aliphatic carbocycles. The minimum Gasteiger partial charge on any atom is -0.486 e. The van der Waals surface area contributed by atoms with E-state index in [2.05, 4.69) is 0 Å². The van der Waals surface area contributed by atoms with Crippen molar-refractivity contribution in [2.45, 2.75) is 26.3 Å². The third-order valence-corrected chi connectivity index (χ3v) is 3.47. The van der Waals surface area contributed by atoms with Gasteiger partial charge in [0.1, 0.15) is 13.2 Å². The molecule has 1 aromatic carbocycles. The number of benzene rings is 1. The monoisotopic (exact) mass is 297 g/mol. The van der Waals surface area contributed by atoms with E-state index in [1.54, 1.807) is 18.2 Å². The van der Waals surface area contributed by atoms with Gasteiger partial charge in [0, 0.05) is 24.0 Å². The van der Waals surface area contributed by atoms with Crippen LogP contribution in [0.15, 0.2) is 18.2 Å². The minimum absolute atomic E-state index is 0.00194. The molecule has 0 spiro atoms. The Morgan fingerprint density at radius 1 is 1.30 bits per heavy atom. The van der Waals surface area contributed by atoms with Crippen LogP contribution in [0.5, 0.6) is 11.5 Å². The topological polar surface area (TPSA) is 38.8 Å². The Hall–Kier alpha value is -1.42. The highest BCUT2D eigenvalue weighted by Crippen LogP contribution is 2.31. The molecule has 1 heterocycles. The number of nitrogens with zero attached hydrogens (tertiary/aromatic N) is 1. The van der Waals surface area contributed by atoms with Gasteiger partial charge in [0.25, 0.3) is 5.91 Å². The fourth-order valence-electron chi connectivity index (χ4n) is 2.17. The van der Waals surface area contributed by atoms with E-state index < -0.39 is 0 Å². The summed E-state index contributed by atoms with van der Waals surface area (Å²) in [6.07, 6.45) is 0.788. The van der Waals surface area contributed by atoms with Gasteiger partial charge in [-0.25, -0.2) is 0 Å². The predicted molar refractivity (Wildman–Crippen MR) is 78.9 cm³/mol. The fraction of sp³-hybridized carbons (Fsp3) is 0.533. The predicted octanol–water partition coefficient (Wildman–Crippen LogP) is 2.94. The minimum atomic E-state index is 0.00194. The zero-order valence-corrected chi connectivity index (χ0v) is 12.7. The molecule has 1 amide bonds. The van der Waals surface area contributed by atoms with Crippen LogP contribution in [0.2, 0.25) is 0 Å². The quantitative estimate of drug-likeness (QED) is 0.784. The van der Waals surface area contributed by atoms with Gasteiger partial charge in [-0.2, -0.15) is 0 Å². The maximum Gasteiger partial charge on any atom is 0.254 e. The summed E-state index contributed by atoms with van der Waals surface area (Å²) in [4.78, 5) is 14.4. The van der Waals surface area contributed by atoms with Crippen molar-refractivity contribution in [2.24, 2.45) is 0 Å². The van der Waals surface area contributed by atoms with Crippen molar-refractivity contribution < 1.29 is 14.3 Å². The molecule has 110 valence electrons. The maximum absolute atomic E-state index is 12.6. The first-order chi connectivity index (χ1) is 9.63. The zero-order valence-electron chi connectivity index (χ0n) is 11.9. The lowest BCUT2D eigenvalue weighted by molar-refractivity contribution is 0.0705. The van der Waals surface area contributed by atoms with E-state index in [-0.39, 0.29) is 11.9 Å². The second-order valence-electron chi connectivity index (χ2n) is 4.99. The summed E-state index contributed by atoms with van der Waals surface area (Å²) in [6.45, 7) is 5.74. The zero-order chi connectivity index (χ0) is 14.5. The van der Waals surface area contributed by atoms with Crippen LogP contribution in [-0.4, -0.2) is 42.5 Å². The maximum atomic E-state index is 12.6. The molecule has 0 saturated heterocycles. The third-order valence-electron chi connectivity index (χ3n) is 3.21. The van der Waals surface area contributed by atoms with Crippen molar-refractivity contribution in [2.75, 3.05) is 25.6 Å². The van der Waals surface area contributed by atoms with Crippen LogP contribution >= 0.6 is 11.6 Å². The number of fused-ring (bicyclic) bond motifs is 1. The molecule has 4 nitrogen and oxygen atoms in total. The van der Waals surface area contributed by atoms with Gasteiger partial charge in [-0.3, -0.25) is 4.79 Å². The van der Waals surface area contributed by atoms with Gasteiger partial charge in [0.15, 0.2) is 11.5 Å². The summed E-state index contributed by atoms with van der Waals surface area (Å²) in [5.41, 5.74) is 0.623. The van der Waals surface area contributed by atoms with E-state index >= 15 is 0 Å². The molecule has 0 radical (unpaired) electrons. The van der Waals surface area contributed by atoms with Crippen LogP contribution in [-0.2, 0) is 0 Å². The van der Waals surface area contributed by atoms with Crippen LogP contribution in [0, 0.1) is 0 Å². The summed E-state index contributed by atoms with van der Waals surface area (Å²) < 4.78 is 11.0. The second-order valence-corrected chi connectivity index (χ2v) is 5.37. The van der Waals surface area contributed by atoms with Crippen LogP contribution in [0.3, 0.4) is 0 Å². The molecule has 1 aliphatic rings. The molecule has 0 atom stereocenters. The number of hydrogen-bond acceptors (Lipinski definition) is 3. The van der Waals surface area contributed by atoms with Crippen LogP contribution in [0.4, 0.5) is 0 Å². The van der Waals surface area contributed by atoms with Crippen molar-refractivity contribution in [3.05, 3.63) is 23.8 Å².